The van der Waals surface area contributed by atoms with Gasteiger partial charge in [0.1, 0.15) is 34.6 Å². The molecule has 1 aromatic carbocycles. The number of aryl methyl sites for hydroxylation is 2. The summed E-state index contributed by atoms with van der Waals surface area (Å²) in [6, 6.07) is 8.92. The summed E-state index contributed by atoms with van der Waals surface area (Å²) in [4.78, 5) is 8.35. The Hall–Kier alpha value is -3.64. The molecule has 0 aliphatic carbocycles. The van der Waals surface area contributed by atoms with Gasteiger partial charge in [-0.3, -0.25) is 9.29 Å². The van der Waals surface area contributed by atoms with Gasteiger partial charge < -0.3 is 13.9 Å². The Morgan fingerprint density at radius 2 is 1.70 bits per heavy atom. The second-order valence-electron chi connectivity index (χ2n) is 8.27. The van der Waals surface area contributed by atoms with Crippen molar-refractivity contribution in [3.05, 3.63) is 71.4 Å². The number of anilines is 1. The number of sulfonamides is 1. The van der Waals surface area contributed by atoms with Crippen LogP contribution in [0, 0.1) is 0 Å². The molecule has 196 valence electrons. The number of nitrogens with zero attached hydrogens (tertiary/aromatic N) is 5. The quantitative estimate of drug-likeness (QED) is 0.295. The van der Waals surface area contributed by atoms with Crippen LogP contribution in [0.25, 0.3) is 5.69 Å². The third kappa shape index (κ3) is 5.70. The zero-order chi connectivity index (χ0) is 26.6. The molecule has 0 saturated carbocycles. The number of furan rings is 1. The molecule has 0 spiro atoms. The Balaban J connectivity index is 1.73. The highest BCUT2D eigenvalue weighted by Crippen LogP contribution is 2.36. The van der Waals surface area contributed by atoms with E-state index < -0.39 is 21.2 Å². The number of halogens is 1. The number of para-hydroxylation sites is 1. The monoisotopic (exact) mass is 546 g/mol. The van der Waals surface area contributed by atoms with Gasteiger partial charge in [-0.25, -0.2) is 18.4 Å². The molecule has 0 bridgehead atoms. The molecule has 0 saturated heterocycles. The molecule has 0 radical (unpaired) electrons. The number of ether oxygens (including phenoxy) is 2. The zero-order valence-electron chi connectivity index (χ0n) is 20.8. The van der Waals surface area contributed by atoms with Crippen molar-refractivity contribution < 1.29 is 22.3 Å². The van der Waals surface area contributed by atoms with E-state index in [0.717, 1.165) is 5.76 Å². The maximum absolute atomic E-state index is 13.5. The Kier molecular flexibility index (Phi) is 7.98. The minimum Gasteiger partial charge on any atom is -0.494 e. The summed E-state index contributed by atoms with van der Waals surface area (Å²) in [5, 5.41) is 7.93. The first-order valence-electron chi connectivity index (χ1n) is 11.4. The largest absolute Gasteiger partial charge is 0.494 e. The Bertz CT molecular complexity index is 1420. The van der Waals surface area contributed by atoms with Gasteiger partial charge in [-0.1, -0.05) is 24.6 Å². The molecule has 0 fully saturated rings. The summed E-state index contributed by atoms with van der Waals surface area (Å²) < 4.78 is 47.8. The van der Waals surface area contributed by atoms with Crippen molar-refractivity contribution in [2.75, 3.05) is 18.9 Å². The molecule has 3 heterocycles. The molecule has 0 aliphatic rings. The van der Waals surface area contributed by atoms with Crippen LogP contribution < -0.4 is 14.2 Å². The molecule has 11 nitrogen and oxygen atoms in total. The lowest BCUT2D eigenvalue weighted by Crippen LogP contribution is -2.31. The fourth-order valence-corrected chi connectivity index (χ4v) is 5.11. The van der Waals surface area contributed by atoms with Crippen LogP contribution in [-0.2, 0) is 22.9 Å². The summed E-state index contributed by atoms with van der Waals surface area (Å²) >= 11 is 5.88. The number of nitrogens with one attached hydrogen (secondary N) is 1. The standard InChI is InChI=1S/C24H27ClN6O5S/c1-15(23-26-13-17(25)14-27-23)16(2)37(32,33)30-24-29-28-21(11-10-18-7-6-12-36-18)31(24)22-19(34-3)8-5-9-20(22)35-4/h5-9,12-16H,10-11H2,1-4H3,(H,29,30). The Morgan fingerprint density at radius 1 is 1.03 bits per heavy atom. The summed E-state index contributed by atoms with van der Waals surface area (Å²) in [5.41, 5.74) is 0.464. The fraction of sp³-hybridized carbons (Fsp3) is 0.333. The van der Waals surface area contributed by atoms with E-state index in [1.807, 2.05) is 6.07 Å². The number of rotatable bonds is 11. The molecule has 2 atom stereocenters. The van der Waals surface area contributed by atoms with Gasteiger partial charge in [0.25, 0.3) is 0 Å². The average Bonchev–Trinajstić information content (AvgIpc) is 3.56. The number of aromatic nitrogens is 5. The average molecular weight is 547 g/mol. The van der Waals surface area contributed by atoms with Crippen molar-refractivity contribution >= 4 is 27.6 Å². The maximum Gasteiger partial charge on any atom is 0.243 e. The van der Waals surface area contributed by atoms with Crippen molar-refractivity contribution in [3.63, 3.8) is 0 Å². The van der Waals surface area contributed by atoms with Gasteiger partial charge >= 0.3 is 0 Å². The maximum atomic E-state index is 13.5. The topological polar surface area (TPSA) is 134 Å². The summed E-state index contributed by atoms with van der Waals surface area (Å²) in [5.74, 6) is 1.96. The first-order valence-corrected chi connectivity index (χ1v) is 13.3. The molecule has 0 aliphatic heterocycles. The highest BCUT2D eigenvalue weighted by atomic mass is 35.5. The number of methoxy groups -OCH3 is 2. The highest BCUT2D eigenvalue weighted by molar-refractivity contribution is 7.93. The van der Waals surface area contributed by atoms with Crippen molar-refractivity contribution in [1.82, 2.24) is 24.7 Å². The van der Waals surface area contributed by atoms with Crippen LogP contribution in [0.5, 0.6) is 11.5 Å². The van der Waals surface area contributed by atoms with Gasteiger partial charge in [-0.05, 0) is 31.2 Å². The molecule has 3 aromatic heterocycles. The van der Waals surface area contributed by atoms with Crippen LogP contribution in [0.3, 0.4) is 0 Å². The smallest absolute Gasteiger partial charge is 0.243 e. The number of hydrogen-bond donors (Lipinski definition) is 1. The van der Waals surface area contributed by atoms with Crippen LogP contribution in [0.4, 0.5) is 5.95 Å². The SMILES string of the molecule is COc1cccc(OC)c1-n1c(CCc2ccco2)nnc1NS(=O)(=O)C(C)C(C)c1ncc(Cl)cn1. The first-order chi connectivity index (χ1) is 17.7. The van der Waals surface area contributed by atoms with Gasteiger partial charge in [0, 0.05) is 31.2 Å². The summed E-state index contributed by atoms with van der Waals surface area (Å²) in [7, 11) is -0.934. The van der Waals surface area contributed by atoms with E-state index in [1.54, 1.807) is 48.9 Å². The fourth-order valence-electron chi connectivity index (χ4n) is 3.78. The van der Waals surface area contributed by atoms with E-state index in [4.69, 9.17) is 25.5 Å². The van der Waals surface area contributed by atoms with E-state index in [-0.39, 0.29) is 5.95 Å². The summed E-state index contributed by atoms with van der Waals surface area (Å²) in [6.45, 7) is 3.31. The van der Waals surface area contributed by atoms with E-state index in [1.165, 1.54) is 26.6 Å². The molecule has 13 heteroatoms. The van der Waals surface area contributed by atoms with Crippen molar-refractivity contribution in [2.45, 2.75) is 37.9 Å². The third-order valence-corrected chi connectivity index (χ3v) is 8.05. The van der Waals surface area contributed by atoms with Crippen molar-refractivity contribution in [2.24, 2.45) is 0 Å². The molecule has 4 aromatic rings. The Morgan fingerprint density at radius 3 is 2.30 bits per heavy atom. The van der Waals surface area contributed by atoms with Gasteiger partial charge in [0.2, 0.25) is 16.0 Å². The molecule has 0 amide bonds. The van der Waals surface area contributed by atoms with Gasteiger partial charge in [0.15, 0.2) is 0 Å². The first kappa shape index (κ1) is 26.4. The normalized spacial score (nSPS) is 13.2. The van der Waals surface area contributed by atoms with E-state index in [0.29, 0.717) is 46.7 Å². The van der Waals surface area contributed by atoms with Crippen LogP contribution in [0.2, 0.25) is 5.02 Å². The van der Waals surface area contributed by atoms with Crippen molar-refractivity contribution in [3.8, 4) is 17.2 Å². The second kappa shape index (κ2) is 11.2. The van der Waals surface area contributed by atoms with Gasteiger partial charge in [-0.15, -0.1) is 10.2 Å². The van der Waals surface area contributed by atoms with Crippen molar-refractivity contribution in [1.29, 1.82) is 0 Å². The highest BCUT2D eigenvalue weighted by Gasteiger charge is 2.32. The number of hydrogen-bond acceptors (Lipinski definition) is 9. The van der Waals surface area contributed by atoms with Crippen LogP contribution in [0.1, 0.15) is 37.2 Å². The van der Waals surface area contributed by atoms with Crippen LogP contribution >= 0.6 is 11.6 Å². The lowest BCUT2D eigenvalue weighted by atomic mass is 10.1. The van der Waals surface area contributed by atoms with Gasteiger partial charge in [0.05, 0.1) is 30.8 Å². The molecule has 1 N–H and O–H groups in total. The van der Waals surface area contributed by atoms with E-state index in [2.05, 4.69) is 24.9 Å². The third-order valence-electron chi connectivity index (χ3n) is 6.01. The predicted molar refractivity (Wildman–Crippen MR) is 138 cm³/mol. The lowest BCUT2D eigenvalue weighted by molar-refractivity contribution is 0.390. The molecule has 2 unspecified atom stereocenters. The molecular weight excluding hydrogens is 520 g/mol. The molecule has 4 rings (SSSR count). The lowest BCUT2D eigenvalue weighted by Gasteiger charge is -2.21. The second-order valence-corrected chi connectivity index (χ2v) is 10.7. The minimum atomic E-state index is -3.97. The molecule has 37 heavy (non-hydrogen) atoms. The van der Waals surface area contributed by atoms with E-state index in [9.17, 15) is 8.42 Å². The van der Waals surface area contributed by atoms with E-state index >= 15 is 0 Å². The minimum absolute atomic E-state index is 0.00619. The predicted octanol–water partition coefficient (Wildman–Crippen LogP) is 4.04. The summed E-state index contributed by atoms with van der Waals surface area (Å²) in [6.07, 6.45) is 5.40. The zero-order valence-corrected chi connectivity index (χ0v) is 22.3. The number of benzene rings is 1. The van der Waals surface area contributed by atoms with Crippen LogP contribution in [-0.4, -0.2) is 52.6 Å². The molecular formula is C24H27ClN6O5S. The Labute approximate surface area is 219 Å². The van der Waals surface area contributed by atoms with Crippen LogP contribution in [0.15, 0.2) is 53.4 Å². The van der Waals surface area contributed by atoms with Gasteiger partial charge in [-0.2, -0.15) is 0 Å².